The van der Waals surface area contributed by atoms with E-state index in [1.165, 1.54) is 0 Å². The maximum atomic E-state index is 12.0. The second-order valence-corrected chi connectivity index (χ2v) is 4.57. The fourth-order valence-electron chi connectivity index (χ4n) is 2.17. The molecule has 0 amide bonds. The number of esters is 1. The van der Waals surface area contributed by atoms with Crippen LogP contribution in [0.3, 0.4) is 0 Å². The fourth-order valence-corrected chi connectivity index (χ4v) is 2.17. The standard InChI is InChI=1S/C14H16O3/c1-2-14(7-4-8-14)13(16)17-12-6-3-5-11(9-12)10-15/h3,5-6,9-10H,2,4,7-8H2,1H3. The number of hydrogen-bond acceptors (Lipinski definition) is 3. The van der Waals surface area contributed by atoms with Gasteiger partial charge in [0.25, 0.3) is 0 Å². The van der Waals surface area contributed by atoms with Crippen molar-refractivity contribution in [3.8, 4) is 5.75 Å². The molecule has 0 bridgehead atoms. The fraction of sp³-hybridized carbons (Fsp3) is 0.429. The number of rotatable bonds is 4. The average molecular weight is 232 g/mol. The summed E-state index contributed by atoms with van der Waals surface area (Å²) in [5.41, 5.74) is 0.242. The summed E-state index contributed by atoms with van der Waals surface area (Å²) >= 11 is 0. The number of benzene rings is 1. The van der Waals surface area contributed by atoms with Crippen molar-refractivity contribution >= 4 is 12.3 Å². The Morgan fingerprint density at radius 3 is 2.76 bits per heavy atom. The molecule has 1 aliphatic carbocycles. The molecular weight excluding hydrogens is 216 g/mol. The van der Waals surface area contributed by atoms with Gasteiger partial charge < -0.3 is 4.74 Å². The van der Waals surface area contributed by atoms with Gasteiger partial charge in [-0.05, 0) is 31.4 Å². The Hall–Kier alpha value is -1.64. The normalized spacial score (nSPS) is 17.0. The van der Waals surface area contributed by atoms with E-state index in [1.54, 1.807) is 24.3 Å². The van der Waals surface area contributed by atoms with Crippen LogP contribution in [0.5, 0.6) is 5.75 Å². The van der Waals surface area contributed by atoms with Gasteiger partial charge in [-0.1, -0.05) is 25.5 Å². The van der Waals surface area contributed by atoms with E-state index in [0.717, 1.165) is 32.0 Å². The number of carbonyl (C=O) groups excluding carboxylic acids is 2. The van der Waals surface area contributed by atoms with Crippen molar-refractivity contribution in [2.45, 2.75) is 32.6 Å². The highest BCUT2D eigenvalue weighted by Crippen LogP contribution is 2.44. The van der Waals surface area contributed by atoms with E-state index in [4.69, 9.17) is 4.74 Å². The van der Waals surface area contributed by atoms with Crippen molar-refractivity contribution in [3.05, 3.63) is 29.8 Å². The zero-order chi connectivity index (χ0) is 12.3. The molecule has 0 radical (unpaired) electrons. The molecule has 1 aliphatic rings. The molecule has 1 aromatic carbocycles. The third kappa shape index (κ3) is 2.23. The van der Waals surface area contributed by atoms with Gasteiger partial charge in [-0.25, -0.2) is 0 Å². The van der Waals surface area contributed by atoms with E-state index in [9.17, 15) is 9.59 Å². The monoisotopic (exact) mass is 232 g/mol. The summed E-state index contributed by atoms with van der Waals surface area (Å²) in [6.07, 6.45) is 4.48. The van der Waals surface area contributed by atoms with Gasteiger partial charge in [-0.2, -0.15) is 0 Å². The van der Waals surface area contributed by atoms with E-state index < -0.39 is 0 Å². The summed E-state index contributed by atoms with van der Waals surface area (Å²) in [6, 6.07) is 6.69. The first-order chi connectivity index (χ1) is 8.20. The van der Waals surface area contributed by atoms with E-state index in [1.807, 2.05) is 6.92 Å². The summed E-state index contributed by atoms with van der Waals surface area (Å²) in [7, 11) is 0. The van der Waals surface area contributed by atoms with Crippen LogP contribution in [-0.4, -0.2) is 12.3 Å². The lowest BCUT2D eigenvalue weighted by molar-refractivity contribution is -0.151. The van der Waals surface area contributed by atoms with Crippen molar-refractivity contribution in [3.63, 3.8) is 0 Å². The van der Waals surface area contributed by atoms with Crippen molar-refractivity contribution in [2.75, 3.05) is 0 Å². The highest BCUT2D eigenvalue weighted by Gasteiger charge is 2.44. The van der Waals surface area contributed by atoms with Crippen LogP contribution >= 0.6 is 0 Å². The molecule has 1 fully saturated rings. The molecule has 3 nitrogen and oxygen atoms in total. The molecule has 0 N–H and O–H groups in total. The first-order valence-electron chi connectivity index (χ1n) is 5.98. The summed E-state index contributed by atoms with van der Waals surface area (Å²) in [5.74, 6) is 0.300. The van der Waals surface area contributed by atoms with Crippen LogP contribution in [0.4, 0.5) is 0 Å². The van der Waals surface area contributed by atoms with E-state index in [2.05, 4.69) is 0 Å². The van der Waals surface area contributed by atoms with Crippen LogP contribution in [0.2, 0.25) is 0 Å². The highest BCUT2D eigenvalue weighted by molar-refractivity contribution is 5.81. The molecule has 0 saturated heterocycles. The molecule has 0 heterocycles. The van der Waals surface area contributed by atoms with E-state index in [0.29, 0.717) is 11.3 Å². The molecule has 0 aliphatic heterocycles. The SMILES string of the molecule is CCC1(C(=O)Oc2cccc(C=O)c2)CCC1. The molecule has 90 valence electrons. The number of aldehydes is 1. The van der Waals surface area contributed by atoms with Gasteiger partial charge >= 0.3 is 5.97 Å². The molecule has 1 saturated carbocycles. The molecule has 17 heavy (non-hydrogen) atoms. The molecule has 0 aromatic heterocycles. The zero-order valence-corrected chi connectivity index (χ0v) is 9.94. The lowest BCUT2D eigenvalue weighted by atomic mass is 9.67. The molecule has 3 heteroatoms. The van der Waals surface area contributed by atoms with Crippen LogP contribution < -0.4 is 4.74 Å². The number of carbonyl (C=O) groups is 2. The summed E-state index contributed by atoms with van der Waals surface area (Å²) in [4.78, 5) is 22.7. The minimum Gasteiger partial charge on any atom is -0.426 e. The quantitative estimate of drug-likeness (QED) is 0.455. The second kappa shape index (κ2) is 4.70. The van der Waals surface area contributed by atoms with Crippen LogP contribution in [-0.2, 0) is 4.79 Å². The van der Waals surface area contributed by atoms with Gasteiger partial charge in [0.05, 0.1) is 5.41 Å². The lowest BCUT2D eigenvalue weighted by Gasteiger charge is -2.38. The van der Waals surface area contributed by atoms with Crippen LogP contribution in [0.25, 0.3) is 0 Å². The minimum absolute atomic E-state index is 0.158. The third-order valence-electron chi connectivity index (χ3n) is 3.63. The first kappa shape index (κ1) is 11.8. The molecule has 1 aromatic rings. The molecule has 2 rings (SSSR count). The van der Waals surface area contributed by atoms with E-state index in [-0.39, 0.29) is 11.4 Å². The smallest absolute Gasteiger partial charge is 0.317 e. The largest absolute Gasteiger partial charge is 0.426 e. The summed E-state index contributed by atoms with van der Waals surface area (Å²) in [6.45, 7) is 2.02. The Balaban J connectivity index is 2.09. The van der Waals surface area contributed by atoms with Crippen molar-refractivity contribution < 1.29 is 14.3 Å². The predicted molar refractivity (Wildman–Crippen MR) is 64.0 cm³/mol. The Morgan fingerprint density at radius 1 is 1.47 bits per heavy atom. The topological polar surface area (TPSA) is 43.4 Å². The number of hydrogen-bond donors (Lipinski definition) is 0. The Kier molecular flexibility index (Phi) is 3.27. The van der Waals surface area contributed by atoms with Crippen LogP contribution in [0, 0.1) is 5.41 Å². The molecule has 0 unspecified atom stereocenters. The van der Waals surface area contributed by atoms with Crippen LogP contribution in [0.15, 0.2) is 24.3 Å². The number of ether oxygens (including phenoxy) is 1. The molecule has 0 spiro atoms. The highest BCUT2D eigenvalue weighted by atomic mass is 16.5. The van der Waals surface area contributed by atoms with Gasteiger partial charge in [0.1, 0.15) is 12.0 Å². The van der Waals surface area contributed by atoms with E-state index >= 15 is 0 Å². The summed E-state index contributed by atoms with van der Waals surface area (Å²) in [5, 5.41) is 0. The molecule has 0 atom stereocenters. The van der Waals surface area contributed by atoms with Gasteiger partial charge in [-0.3, -0.25) is 9.59 Å². The van der Waals surface area contributed by atoms with Gasteiger partial charge in [-0.15, -0.1) is 0 Å². The van der Waals surface area contributed by atoms with Crippen molar-refractivity contribution in [1.82, 2.24) is 0 Å². The van der Waals surface area contributed by atoms with Gasteiger partial charge in [0.2, 0.25) is 0 Å². The first-order valence-corrected chi connectivity index (χ1v) is 5.98. The second-order valence-electron chi connectivity index (χ2n) is 4.57. The summed E-state index contributed by atoms with van der Waals surface area (Å²) < 4.78 is 5.36. The zero-order valence-electron chi connectivity index (χ0n) is 9.94. The third-order valence-corrected chi connectivity index (χ3v) is 3.63. The van der Waals surface area contributed by atoms with Crippen molar-refractivity contribution in [2.24, 2.45) is 5.41 Å². The van der Waals surface area contributed by atoms with Gasteiger partial charge in [0.15, 0.2) is 0 Å². The van der Waals surface area contributed by atoms with Crippen LogP contribution in [0.1, 0.15) is 43.0 Å². The lowest BCUT2D eigenvalue weighted by Crippen LogP contribution is -2.40. The minimum atomic E-state index is -0.281. The Morgan fingerprint density at radius 2 is 2.24 bits per heavy atom. The van der Waals surface area contributed by atoms with Gasteiger partial charge in [0, 0.05) is 5.56 Å². The Labute approximate surface area is 101 Å². The predicted octanol–water partition coefficient (Wildman–Crippen LogP) is 2.98. The average Bonchev–Trinajstić information content (AvgIpc) is 2.28. The Bertz CT molecular complexity index is 427. The maximum Gasteiger partial charge on any atom is 0.317 e. The molecular formula is C14H16O3. The maximum absolute atomic E-state index is 12.0. The van der Waals surface area contributed by atoms with Crippen molar-refractivity contribution in [1.29, 1.82) is 0 Å².